The summed E-state index contributed by atoms with van der Waals surface area (Å²) < 4.78 is 13.3. The monoisotopic (exact) mass is 372 g/mol. The molecule has 0 saturated carbocycles. The van der Waals surface area contributed by atoms with Crippen LogP contribution in [0.1, 0.15) is 32.0 Å². The zero-order valence-electron chi connectivity index (χ0n) is 15.1. The molecule has 0 unspecified atom stereocenters. The number of hydrogen-bond acceptors (Lipinski definition) is 3. The predicted octanol–water partition coefficient (Wildman–Crippen LogP) is 4.67. The van der Waals surface area contributed by atoms with E-state index in [4.69, 9.17) is 11.6 Å². The molecule has 0 bridgehead atoms. The van der Waals surface area contributed by atoms with Crippen molar-refractivity contribution in [3.63, 3.8) is 0 Å². The second-order valence-corrected chi connectivity index (χ2v) is 7.64. The molecule has 1 heterocycles. The highest BCUT2D eigenvalue weighted by Gasteiger charge is 2.17. The van der Waals surface area contributed by atoms with E-state index in [0.717, 1.165) is 22.5 Å². The minimum atomic E-state index is -0.354. The van der Waals surface area contributed by atoms with Gasteiger partial charge in [-0.1, -0.05) is 48.0 Å². The first-order valence-corrected chi connectivity index (χ1v) is 8.88. The van der Waals surface area contributed by atoms with Crippen LogP contribution in [0.4, 0.5) is 4.39 Å². The molecule has 3 rings (SSSR count). The maximum Gasteiger partial charge on any atom is 0.124 e. The molecule has 0 amide bonds. The van der Waals surface area contributed by atoms with Crippen LogP contribution >= 0.6 is 11.6 Å². The zero-order valence-corrected chi connectivity index (χ0v) is 15.9. The van der Waals surface area contributed by atoms with Crippen molar-refractivity contribution in [3.8, 4) is 11.3 Å². The summed E-state index contributed by atoms with van der Waals surface area (Å²) in [7, 11) is 0. The maximum absolute atomic E-state index is 13.3. The molecule has 2 aromatic carbocycles. The van der Waals surface area contributed by atoms with E-state index in [1.807, 2.05) is 30.3 Å². The quantitative estimate of drug-likeness (QED) is 0.707. The van der Waals surface area contributed by atoms with Gasteiger partial charge in [-0.25, -0.2) is 4.39 Å². The van der Waals surface area contributed by atoms with Gasteiger partial charge >= 0.3 is 0 Å². The number of rotatable bonds is 5. The molecular weight excluding hydrogens is 351 g/mol. The number of nitrogens with zero attached hydrogens (tertiary/aromatic N) is 3. The van der Waals surface area contributed by atoms with E-state index in [0.29, 0.717) is 18.1 Å². The Balaban J connectivity index is 1.92. The molecule has 0 aliphatic rings. The van der Waals surface area contributed by atoms with Crippen LogP contribution in [0.3, 0.4) is 0 Å². The van der Waals surface area contributed by atoms with Crippen molar-refractivity contribution in [2.45, 2.75) is 39.4 Å². The van der Waals surface area contributed by atoms with E-state index in [9.17, 15) is 4.39 Å². The third-order valence-corrected chi connectivity index (χ3v) is 4.24. The Bertz CT molecular complexity index is 885. The minimum Gasteiger partial charge on any atom is -0.306 e. The van der Waals surface area contributed by atoms with Gasteiger partial charge in [0.25, 0.3) is 0 Å². The summed E-state index contributed by atoms with van der Waals surface area (Å²) in [6.45, 7) is 7.31. The maximum atomic E-state index is 13.3. The van der Waals surface area contributed by atoms with Crippen LogP contribution in [0.5, 0.6) is 0 Å². The van der Waals surface area contributed by atoms with Crippen LogP contribution in [0.2, 0.25) is 5.02 Å². The van der Waals surface area contributed by atoms with Gasteiger partial charge in [0.1, 0.15) is 17.2 Å². The van der Waals surface area contributed by atoms with E-state index < -0.39 is 0 Å². The summed E-state index contributed by atoms with van der Waals surface area (Å²) in [6, 6.07) is 14.3. The van der Waals surface area contributed by atoms with E-state index in [1.54, 1.807) is 10.9 Å². The first-order chi connectivity index (χ1) is 12.3. The largest absolute Gasteiger partial charge is 0.306 e. The molecule has 26 heavy (non-hydrogen) atoms. The van der Waals surface area contributed by atoms with Crippen molar-refractivity contribution in [2.75, 3.05) is 0 Å². The molecule has 0 radical (unpaired) electrons. The smallest absolute Gasteiger partial charge is 0.124 e. The van der Waals surface area contributed by atoms with Gasteiger partial charge in [-0.2, -0.15) is 15.0 Å². The van der Waals surface area contributed by atoms with Gasteiger partial charge in [-0.05, 0) is 38.5 Å². The Morgan fingerprint density at radius 1 is 1.08 bits per heavy atom. The van der Waals surface area contributed by atoms with Gasteiger partial charge < -0.3 is 5.32 Å². The van der Waals surface area contributed by atoms with Gasteiger partial charge in [0.15, 0.2) is 0 Å². The molecule has 3 aromatic rings. The number of aromatic nitrogens is 3. The second-order valence-electron chi connectivity index (χ2n) is 7.23. The van der Waals surface area contributed by atoms with E-state index in [-0.39, 0.29) is 11.4 Å². The van der Waals surface area contributed by atoms with Crippen LogP contribution in [0.15, 0.2) is 48.5 Å². The molecule has 0 fully saturated rings. The Morgan fingerprint density at radius 2 is 1.81 bits per heavy atom. The number of halogens is 2. The number of benzene rings is 2. The molecule has 1 aromatic heterocycles. The van der Waals surface area contributed by atoms with Gasteiger partial charge in [0.2, 0.25) is 0 Å². The molecule has 4 nitrogen and oxygen atoms in total. The zero-order chi connectivity index (χ0) is 18.7. The Hall–Kier alpha value is -2.24. The first kappa shape index (κ1) is 18.5. The standard InChI is InChI=1S/C20H22ClFN4/c1-20(2,3)23-12-18-19(14-7-5-4-6-8-14)25-26(24-18)13-15-9-10-16(22)11-17(15)21/h4-11,23H,12-13H2,1-3H3. The van der Waals surface area contributed by atoms with Gasteiger partial charge in [-0.3, -0.25) is 0 Å². The van der Waals surface area contributed by atoms with Crippen molar-refractivity contribution in [3.05, 3.63) is 70.6 Å². The fraction of sp³-hybridized carbons (Fsp3) is 0.300. The number of hydrogen-bond donors (Lipinski definition) is 1. The van der Waals surface area contributed by atoms with E-state index in [1.165, 1.54) is 12.1 Å². The fourth-order valence-corrected chi connectivity index (χ4v) is 2.77. The molecular formula is C20H22ClFN4. The third kappa shape index (κ3) is 4.68. The summed E-state index contributed by atoms with van der Waals surface area (Å²) in [5.74, 6) is -0.354. The Kier molecular flexibility index (Phi) is 5.39. The summed E-state index contributed by atoms with van der Waals surface area (Å²) >= 11 is 6.14. The molecule has 0 atom stereocenters. The fourth-order valence-electron chi connectivity index (χ4n) is 2.54. The van der Waals surface area contributed by atoms with Crippen molar-refractivity contribution >= 4 is 11.6 Å². The lowest BCUT2D eigenvalue weighted by Gasteiger charge is -2.19. The molecule has 0 aliphatic carbocycles. The lowest BCUT2D eigenvalue weighted by Crippen LogP contribution is -2.35. The van der Waals surface area contributed by atoms with Crippen molar-refractivity contribution < 1.29 is 4.39 Å². The summed E-state index contributed by atoms with van der Waals surface area (Å²) in [4.78, 5) is 1.61. The van der Waals surface area contributed by atoms with Gasteiger partial charge in [0.05, 0.1) is 6.54 Å². The molecule has 136 valence electrons. The van der Waals surface area contributed by atoms with E-state index in [2.05, 4.69) is 36.3 Å². The lowest BCUT2D eigenvalue weighted by atomic mass is 10.1. The lowest BCUT2D eigenvalue weighted by molar-refractivity contribution is 0.419. The molecule has 0 spiro atoms. The van der Waals surface area contributed by atoms with Crippen molar-refractivity contribution in [1.29, 1.82) is 0 Å². The predicted molar refractivity (Wildman–Crippen MR) is 103 cm³/mol. The van der Waals surface area contributed by atoms with Crippen LogP contribution in [0.25, 0.3) is 11.3 Å². The third-order valence-electron chi connectivity index (χ3n) is 3.89. The van der Waals surface area contributed by atoms with Crippen LogP contribution in [-0.2, 0) is 13.1 Å². The normalized spacial score (nSPS) is 11.7. The topological polar surface area (TPSA) is 42.7 Å². The summed E-state index contributed by atoms with van der Waals surface area (Å²) in [6.07, 6.45) is 0. The average molecular weight is 373 g/mol. The second kappa shape index (κ2) is 7.56. The van der Waals surface area contributed by atoms with Crippen LogP contribution < -0.4 is 5.32 Å². The molecule has 6 heteroatoms. The van der Waals surface area contributed by atoms with Crippen LogP contribution in [0, 0.1) is 5.82 Å². The number of nitrogens with one attached hydrogen (secondary N) is 1. The highest BCUT2D eigenvalue weighted by atomic mass is 35.5. The highest BCUT2D eigenvalue weighted by Crippen LogP contribution is 2.22. The Morgan fingerprint density at radius 3 is 2.46 bits per heavy atom. The molecule has 1 N–H and O–H groups in total. The SMILES string of the molecule is CC(C)(C)NCc1nn(Cc2ccc(F)cc2Cl)nc1-c1ccccc1. The molecule has 0 saturated heterocycles. The summed E-state index contributed by atoms with van der Waals surface area (Å²) in [5.41, 5.74) is 3.45. The Labute approximate surface area is 158 Å². The average Bonchev–Trinajstić information content (AvgIpc) is 2.99. The van der Waals surface area contributed by atoms with Crippen molar-refractivity contribution in [1.82, 2.24) is 20.3 Å². The van der Waals surface area contributed by atoms with E-state index >= 15 is 0 Å². The van der Waals surface area contributed by atoms with Gasteiger partial charge in [0, 0.05) is 22.7 Å². The molecule has 0 aliphatic heterocycles. The van der Waals surface area contributed by atoms with Crippen LogP contribution in [-0.4, -0.2) is 20.5 Å². The summed E-state index contributed by atoms with van der Waals surface area (Å²) in [5, 5.41) is 13.1. The minimum absolute atomic E-state index is 0.0298. The van der Waals surface area contributed by atoms with Crippen molar-refractivity contribution in [2.24, 2.45) is 0 Å². The van der Waals surface area contributed by atoms with Gasteiger partial charge in [-0.15, -0.1) is 0 Å². The highest BCUT2D eigenvalue weighted by molar-refractivity contribution is 6.31. The first-order valence-electron chi connectivity index (χ1n) is 8.50.